The van der Waals surface area contributed by atoms with Crippen LogP contribution in [0.4, 0.5) is 32.8 Å². The van der Waals surface area contributed by atoms with Crippen LogP contribution in [0.2, 0.25) is 5.02 Å². The average molecular weight is 775 g/mol. The first kappa shape index (κ1) is 34.5. The molecule has 3 N–H and O–H groups in total. The second-order valence-electron chi connectivity index (χ2n) is 14.4. The first-order valence-corrected chi connectivity index (χ1v) is 18.5. The molecule has 5 aliphatic heterocycles. The van der Waals surface area contributed by atoms with Gasteiger partial charge in [-0.1, -0.05) is 17.7 Å². The van der Waals surface area contributed by atoms with E-state index in [0.717, 1.165) is 23.8 Å². The third-order valence-corrected chi connectivity index (χ3v) is 12.6. The first-order chi connectivity index (χ1) is 25.5. The number of anilines is 2. The van der Waals surface area contributed by atoms with Crippen molar-refractivity contribution in [3.8, 4) is 29.0 Å². The monoisotopic (exact) mass is 774 g/mol. The van der Waals surface area contributed by atoms with Crippen molar-refractivity contribution in [2.24, 2.45) is 5.92 Å². The number of alkyl halides is 3. The Morgan fingerprint density at radius 2 is 2.04 bits per heavy atom. The molecule has 11 nitrogen and oxygen atoms in total. The molecule has 0 bridgehead atoms. The molecule has 4 saturated heterocycles. The third kappa shape index (κ3) is 5.51. The van der Waals surface area contributed by atoms with E-state index in [2.05, 4.69) is 15.3 Å². The van der Waals surface area contributed by atoms with Gasteiger partial charge < -0.3 is 30.3 Å². The lowest BCUT2D eigenvalue weighted by Gasteiger charge is -2.46. The molecule has 2 aromatic carbocycles. The van der Waals surface area contributed by atoms with Gasteiger partial charge in [0.1, 0.15) is 47.6 Å². The van der Waals surface area contributed by atoms with Crippen LogP contribution < -0.4 is 25.4 Å². The maximum absolute atomic E-state index is 17.3. The Morgan fingerprint density at radius 1 is 1.25 bits per heavy atom. The van der Waals surface area contributed by atoms with Gasteiger partial charge in [-0.25, -0.2) is 22.0 Å². The molecule has 0 saturated carbocycles. The van der Waals surface area contributed by atoms with E-state index in [1.165, 1.54) is 11.0 Å². The number of nitrogens with two attached hydrogens (primary N) is 1. The van der Waals surface area contributed by atoms with Crippen molar-refractivity contribution >= 4 is 60.7 Å². The molecule has 7 heterocycles. The van der Waals surface area contributed by atoms with Crippen LogP contribution in [0, 0.1) is 28.9 Å². The van der Waals surface area contributed by atoms with Crippen LogP contribution in [0.3, 0.4) is 0 Å². The zero-order chi connectivity index (χ0) is 36.9. The van der Waals surface area contributed by atoms with E-state index in [4.69, 9.17) is 26.8 Å². The highest BCUT2D eigenvalue weighted by atomic mass is 35.5. The van der Waals surface area contributed by atoms with Crippen molar-refractivity contribution in [2.45, 2.75) is 49.5 Å². The minimum atomic E-state index is -2.85. The summed E-state index contributed by atoms with van der Waals surface area (Å²) in [6.45, 7) is 1.07. The molecule has 2 aromatic heterocycles. The number of rotatable bonds is 8. The number of thiophene rings is 1. The number of aromatic nitrogens is 2. The molecule has 1 amide bonds. The van der Waals surface area contributed by atoms with Crippen molar-refractivity contribution in [3.05, 3.63) is 34.4 Å². The number of nitriles is 1. The second-order valence-corrected chi connectivity index (χ2v) is 15.8. The molecule has 0 radical (unpaired) electrons. The molecular formula is C35H32ClF5N8O3S. The Morgan fingerprint density at radius 3 is 2.77 bits per heavy atom. The summed E-state index contributed by atoms with van der Waals surface area (Å²) >= 11 is 7.85. The molecule has 53 heavy (non-hydrogen) atoms. The summed E-state index contributed by atoms with van der Waals surface area (Å²) < 4.78 is 88.5. The van der Waals surface area contributed by atoms with Gasteiger partial charge in [-0.05, 0) is 31.0 Å². The summed E-state index contributed by atoms with van der Waals surface area (Å²) in [5.74, 6) is -2.27. The molecular weight excluding hydrogens is 743 g/mol. The number of nitrogens with one attached hydrogen (secondary N) is 1. The number of carbonyl (C=O) groups excluding carboxylic acids is 1. The number of ether oxygens (including phenoxy) is 2. The molecule has 4 fully saturated rings. The quantitative estimate of drug-likeness (QED) is 0.183. The highest BCUT2D eigenvalue weighted by Crippen LogP contribution is 2.52. The summed E-state index contributed by atoms with van der Waals surface area (Å²) in [5.41, 5.74) is 4.82. The molecule has 0 spiro atoms. The van der Waals surface area contributed by atoms with Crippen molar-refractivity contribution in [1.82, 2.24) is 25.1 Å². The number of hydrogen-bond acceptors (Lipinski definition) is 11. The Bertz CT molecular complexity index is 2230. The smallest absolute Gasteiger partial charge is 0.319 e. The fourth-order valence-electron chi connectivity index (χ4n) is 8.60. The van der Waals surface area contributed by atoms with Gasteiger partial charge >= 0.3 is 6.01 Å². The minimum Gasteiger partial charge on any atom is -0.489 e. The maximum atomic E-state index is 17.3. The van der Waals surface area contributed by atoms with Gasteiger partial charge in [-0.3, -0.25) is 9.69 Å². The number of hydrogen-bond donors (Lipinski definition) is 2. The fourth-order valence-corrected chi connectivity index (χ4v) is 9.89. The van der Waals surface area contributed by atoms with Crippen LogP contribution in [-0.2, 0) is 4.79 Å². The second kappa shape index (κ2) is 12.7. The molecule has 4 aromatic rings. The lowest BCUT2D eigenvalue weighted by Crippen LogP contribution is -2.61. The van der Waals surface area contributed by atoms with Crippen LogP contribution in [0.1, 0.15) is 24.8 Å². The van der Waals surface area contributed by atoms with Gasteiger partial charge in [-0.15, -0.1) is 11.3 Å². The SMILES string of the molecule is N#Cc1c(N)sc2c(F)ccc(-c3c(Cl)c4c5c(nc(OC[C@@]67CCCN6C[C@H](F)C7)nc5c3F)N(CC(F)F)C(C3CN(C(=O)C5CN5)C3)CO4)c12. The highest BCUT2D eigenvalue weighted by molar-refractivity contribution is 7.23. The number of nitrogen functional groups attached to an aromatic ring is 1. The minimum absolute atomic E-state index is 0.0167. The summed E-state index contributed by atoms with van der Waals surface area (Å²) in [7, 11) is 0. The average Bonchev–Trinajstić information content (AvgIpc) is 3.74. The lowest BCUT2D eigenvalue weighted by molar-refractivity contribution is -0.137. The van der Waals surface area contributed by atoms with Crippen LogP contribution in [0.25, 0.3) is 32.1 Å². The fraction of sp³-hybridized carbons (Fsp3) is 0.486. The van der Waals surface area contributed by atoms with Gasteiger partial charge in [-0.2, -0.15) is 15.2 Å². The summed E-state index contributed by atoms with van der Waals surface area (Å²) in [6, 6.07) is 3.04. The van der Waals surface area contributed by atoms with E-state index in [9.17, 15) is 23.2 Å². The summed E-state index contributed by atoms with van der Waals surface area (Å²) in [4.78, 5) is 26.9. The van der Waals surface area contributed by atoms with Crippen molar-refractivity contribution in [3.63, 3.8) is 0 Å². The standard InChI is InChI=1S/C35H32ClF5N8O3S/c36-26-24(17-2-3-19(38)30-23(17)18(7-42)31(43)53-30)27(41)28-25-29(26)51-13-21(15-9-47(10-15)33(50)20-8-44-20)49(12-22(39)40)32(25)46-34(45-28)52-14-35-4-1-5-48(35)11-16(37)6-35/h2-3,15-16,20-22,44H,1,4-6,8-14,43H2/t16-,20?,21?,35+/m1/s1. The summed E-state index contributed by atoms with van der Waals surface area (Å²) in [6.07, 6.45) is -2.17. The molecule has 278 valence electrons. The van der Waals surface area contributed by atoms with Gasteiger partial charge in [0.2, 0.25) is 5.91 Å². The molecule has 4 atom stereocenters. The predicted octanol–water partition coefficient (Wildman–Crippen LogP) is 5.11. The molecule has 2 unspecified atom stereocenters. The maximum Gasteiger partial charge on any atom is 0.319 e. The van der Waals surface area contributed by atoms with E-state index >= 15 is 8.78 Å². The van der Waals surface area contributed by atoms with E-state index in [0.29, 0.717) is 19.5 Å². The van der Waals surface area contributed by atoms with E-state index in [1.54, 1.807) is 4.90 Å². The van der Waals surface area contributed by atoms with E-state index in [1.807, 2.05) is 11.0 Å². The van der Waals surface area contributed by atoms with Gasteiger partial charge in [0, 0.05) is 49.5 Å². The number of halogens is 6. The molecule has 0 aliphatic carbocycles. The number of amides is 1. The van der Waals surface area contributed by atoms with E-state index < -0.39 is 42.4 Å². The van der Waals surface area contributed by atoms with Gasteiger partial charge in [0.25, 0.3) is 6.43 Å². The molecule has 18 heteroatoms. The van der Waals surface area contributed by atoms with Gasteiger partial charge in [0.15, 0.2) is 11.6 Å². The van der Waals surface area contributed by atoms with Crippen molar-refractivity contribution in [1.29, 1.82) is 5.26 Å². The number of fused-ring (bicyclic) bond motifs is 2. The first-order valence-electron chi connectivity index (χ1n) is 17.3. The number of nitrogens with zero attached hydrogens (tertiary/aromatic N) is 6. The Hall–Kier alpha value is -4.24. The van der Waals surface area contributed by atoms with Crippen LogP contribution in [-0.4, -0.2) is 108 Å². The normalized spacial score (nSPS) is 25.4. The Kier molecular flexibility index (Phi) is 8.26. The van der Waals surface area contributed by atoms with Crippen LogP contribution in [0.15, 0.2) is 12.1 Å². The topological polar surface area (TPSA) is 143 Å². The summed E-state index contributed by atoms with van der Waals surface area (Å²) in [5, 5.41) is 12.7. The Labute approximate surface area is 308 Å². The molecule has 5 aliphatic rings. The zero-order valence-electron chi connectivity index (χ0n) is 28.0. The van der Waals surface area contributed by atoms with E-state index in [-0.39, 0.29) is 122 Å². The predicted molar refractivity (Wildman–Crippen MR) is 187 cm³/mol. The van der Waals surface area contributed by atoms with Crippen molar-refractivity contribution in [2.75, 3.05) is 63.1 Å². The highest BCUT2D eigenvalue weighted by Gasteiger charge is 2.50. The van der Waals surface area contributed by atoms with Crippen LogP contribution >= 0.6 is 22.9 Å². The largest absolute Gasteiger partial charge is 0.489 e. The number of carbonyl (C=O) groups is 1. The third-order valence-electron chi connectivity index (χ3n) is 11.3. The molecule has 9 rings (SSSR count). The number of likely N-dealkylation sites (tertiary alicyclic amines) is 1. The van der Waals surface area contributed by atoms with Gasteiger partial charge in [0.05, 0.1) is 44.8 Å². The Balaban J connectivity index is 1.22. The van der Waals surface area contributed by atoms with Crippen molar-refractivity contribution < 1.29 is 36.2 Å². The zero-order valence-corrected chi connectivity index (χ0v) is 29.6. The van der Waals surface area contributed by atoms with Crippen LogP contribution in [0.5, 0.6) is 11.8 Å². The number of benzene rings is 2. The lowest BCUT2D eigenvalue weighted by atomic mass is 9.90.